The maximum atomic E-state index is 15.0. The van der Waals surface area contributed by atoms with Gasteiger partial charge in [-0.2, -0.15) is 0 Å². The van der Waals surface area contributed by atoms with Crippen LogP contribution in [0.1, 0.15) is 0 Å². The third-order valence-corrected chi connectivity index (χ3v) is 7.47. The lowest BCUT2D eigenvalue weighted by atomic mass is 9.92. The Morgan fingerprint density at radius 1 is 0.514 bits per heavy atom. The summed E-state index contributed by atoms with van der Waals surface area (Å²) >= 11 is 3.61. The van der Waals surface area contributed by atoms with Gasteiger partial charge < -0.3 is 4.57 Å². The smallest absolute Gasteiger partial charge is 0.200 e. The van der Waals surface area contributed by atoms with Gasteiger partial charge in [0.05, 0.1) is 11.0 Å². The number of aromatic nitrogens is 1. The minimum atomic E-state index is -2.18. The molecule has 1 aromatic heterocycles. The minimum Gasteiger partial charge on any atom is -0.304 e. The molecule has 7 rings (SSSR count). The van der Waals surface area contributed by atoms with Crippen LogP contribution in [0.15, 0.2) is 71.2 Å². The Hall–Kier alpha value is -3.71. The van der Waals surface area contributed by atoms with Gasteiger partial charge in [-0.25, -0.2) is 22.0 Å². The fourth-order valence-electron chi connectivity index (χ4n) is 5.33. The molecule has 0 saturated carbocycles. The van der Waals surface area contributed by atoms with Crippen LogP contribution in [0, 0.1) is 29.1 Å². The largest absolute Gasteiger partial charge is 0.304 e. The summed E-state index contributed by atoms with van der Waals surface area (Å²) in [4.78, 5) is 0. The first-order valence-corrected chi connectivity index (χ1v) is 11.5. The van der Waals surface area contributed by atoms with Crippen LogP contribution in [0.4, 0.5) is 22.0 Å². The van der Waals surface area contributed by atoms with Crippen LogP contribution in [-0.4, -0.2) is 4.57 Å². The Morgan fingerprint density at radius 2 is 1.11 bits per heavy atom. The van der Waals surface area contributed by atoms with Crippen LogP contribution in [0.2, 0.25) is 0 Å². The lowest BCUT2D eigenvalue weighted by molar-refractivity contribution is 0.376. The van der Waals surface area contributed by atoms with Crippen molar-refractivity contribution >= 4 is 70.1 Å². The molecule has 0 unspecified atom stereocenters. The number of nitrogens with zero attached hydrogens (tertiary/aromatic N) is 1. The molecule has 7 aromatic rings. The summed E-state index contributed by atoms with van der Waals surface area (Å²) in [6.45, 7) is 0. The van der Waals surface area contributed by atoms with Crippen LogP contribution in [0.25, 0.3) is 59.8 Å². The van der Waals surface area contributed by atoms with E-state index in [9.17, 15) is 13.2 Å². The van der Waals surface area contributed by atoms with Gasteiger partial charge in [-0.15, -0.1) is 0 Å². The molecule has 0 N–H and O–H groups in total. The third-order valence-electron chi connectivity index (χ3n) is 6.77. The van der Waals surface area contributed by atoms with Gasteiger partial charge in [0, 0.05) is 15.2 Å². The van der Waals surface area contributed by atoms with Crippen molar-refractivity contribution in [2.45, 2.75) is 0 Å². The molecule has 7 heteroatoms. The Labute approximate surface area is 202 Å². The number of benzene rings is 6. The van der Waals surface area contributed by atoms with Crippen molar-refractivity contribution in [3.63, 3.8) is 0 Å². The fourth-order valence-corrected chi connectivity index (χ4v) is 5.79. The third kappa shape index (κ3) is 2.51. The maximum absolute atomic E-state index is 15.0. The van der Waals surface area contributed by atoms with Crippen molar-refractivity contribution < 1.29 is 22.0 Å². The van der Waals surface area contributed by atoms with E-state index in [1.165, 1.54) is 0 Å². The molecule has 0 radical (unpaired) electrons. The summed E-state index contributed by atoms with van der Waals surface area (Å²) in [6.07, 6.45) is 0. The van der Waals surface area contributed by atoms with E-state index in [1.54, 1.807) is 30.3 Å². The number of fused-ring (bicyclic) bond motifs is 4. The number of rotatable bonds is 1. The van der Waals surface area contributed by atoms with Crippen molar-refractivity contribution in [2.75, 3.05) is 0 Å². The quantitative estimate of drug-likeness (QED) is 0.0854. The number of halogens is 6. The predicted octanol–water partition coefficient (Wildman–Crippen LogP) is 9.14. The van der Waals surface area contributed by atoms with E-state index < -0.39 is 34.8 Å². The van der Waals surface area contributed by atoms with Gasteiger partial charge in [0.15, 0.2) is 23.3 Å². The van der Waals surface area contributed by atoms with Gasteiger partial charge >= 0.3 is 0 Å². The lowest BCUT2D eigenvalue weighted by Crippen LogP contribution is -2.09. The molecule has 0 aliphatic carbocycles. The molecule has 0 atom stereocenters. The maximum Gasteiger partial charge on any atom is 0.200 e. The molecule has 0 amide bonds. The van der Waals surface area contributed by atoms with Gasteiger partial charge in [-0.3, -0.25) is 0 Å². The van der Waals surface area contributed by atoms with Gasteiger partial charge in [0.1, 0.15) is 5.69 Å². The summed E-state index contributed by atoms with van der Waals surface area (Å²) in [5.74, 6) is -9.90. The molecule has 6 aromatic carbocycles. The molecule has 0 aliphatic heterocycles. The van der Waals surface area contributed by atoms with Gasteiger partial charge in [-0.05, 0) is 50.5 Å². The minimum absolute atomic E-state index is 0.335. The van der Waals surface area contributed by atoms with Gasteiger partial charge in [0.2, 0.25) is 5.82 Å². The molecule has 1 heterocycles. The van der Waals surface area contributed by atoms with Crippen molar-refractivity contribution in [1.82, 2.24) is 4.57 Å². The van der Waals surface area contributed by atoms with E-state index in [0.29, 0.717) is 21.8 Å². The average Bonchev–Trinajstić information content (AvgIpc) is 3.20. The summed E-state index contributed by atoms with van der Waals surface area (Å²) in [5.41, 5.74) is -0.315. The SMILES string of the molecule is Fc1c(F)c(F)c(-n2c3ccccc3c3c4ccc5ccc(Br)c6ccc(cc32)c4c56)c(F)c1F. The number of para-hydroxylation sites is 1. The molecule has 0 aliphatic rings. The van der Waals surface area contributed by atoms with E-state index >= 15 is 8.78 Å². The standard InChI is InChI=1S/C28H11BrF5N/c29-17-10-7-12-5-9-16-21-13(6-8-14(17)20(12)21)11-19-22(16)15-3-1-2-4-18(15)35(19)28-26(33)24(31)23(30)25(32)27(28)34/h1-11H. The van der Waals surface area contributed by atoms with Crippen LogP contribution in [-0.2, 0) is 0 Å². The first-order chi connectivity index (χ1) is 16.9. The zero-order valence-corrected chi connectivity index (χ0v) is 19.2. The fraction of sp³-hybridized carbons (Fsp3) is 0. The molecular weight excluding hydrogens is 525 g/mol. The Morgan fingerprint density at radius 3 is 1.89 bits per heavy atom. The van der Waals surface area contributed by atoms with Crippen LogP contribution in [0.3, 0.4) is 0 Å². The highest BCUT2D eigenvalue weighted by molar-refractivity contribution is 9.10. The molecule has 0 spiro atoms. The van der Waals surface area contributed by atoms with Crippen LogP contribution < -0.4 is 0 Å². The van der Waals surface area contributed by atoms with Crippen molar-refractivity contribution in [3.8, 4) is 5.69 Å². The van der Waals surface area contributed by atoms with Gasteiger partial charge in [-0.1, -0.05) is 64.5 Å². The van der Waals surface area contributed by atoms with Crippen LogP contribution in [0.5, 0.6) is 0 Å². The van der Waals surface area contributed by atoms with E-state index in [-0.39, 0.29) is 0 Å². The zero-order chi connectivity index (χ0) is 24.2. The Kier molecular flexibility index (Phi) is 4.08. The van der Waals surface area contributed by atoms with Crippen molar-refractivity contribution in [2.24, 2.45) is 0 Å². The zero-order valence-electron chi connectivity index (χ0n) is 17.6. The summed E-state index contributed by atoms with van der Waals surface area (Å²) in [5, 5.41) is 6.98. The molecule has 0 bridgehead atoms. The van der Waals surface area contributed by atoms with Gasteiger partial charge in [0.25, 0.3) is 0 Å². The van der Waals surface area contributed by atoms with E-state index in [4.69, 9.17) is 0 Å². The molecule has 35 heavy (non-hydrogen) atoms. The van der Waals surface area contributed by atoms with E-state index in [2.05, 4.69) is 15.9 Å². The second-order valence-electron chi connectivity index (χ2n) is 8.51. The highest BCUT2D eigenvalue weighted by atomic mass is 79.9. The molecule has 1 nitrogen and oxygen atoms in total. The monoisotopic (exact) mass is 535 g/mol. The Bertz CT molecular complexity index is 2000. The number of hydrogen-bond acceptors (Lipinski definition) is 0. The summed E-state index contributed by atoms with van der Waals surface area (Å²) in [7, 11) is 0. The van der Waals surface area contributed by atoms with E-state index in [0.717, 1.165) is 41.4 Å². The lowest BCUT2D eigenvalue weighted by Gasteiger charge is -2.15. The predicted molar refractivity (Wildman–Crippen MR) is 132 cm³/mol. The van der Waals surface area contributed by atoms with E-state index in [1.807, 2.05) is 36.4 Å². The second kappa shape index (κ2) is 6.92. The first-order valence-electron chi connectivity index (χ1n) is 10.7. The van der Waals surface area contributed by atoms with Crippen molar-refractivity contribution in [3.05, 3.63) is 100 Å². The number of hydrogen-bond donors (Lipinski definition) is 0. The summed E-state index contributed by atoms with van der Waals surface area (Å²) < 4.78 is 74.4. The summed E-state index contributed by atoms with van der Waals surface area (Å²) in [6, 6.07) is 20.3. The van der Waals surface area contributed by atoms with Crippen LogP contribution >= 0.6 is 15.9 Å². The molecular formula is C28H11BrF5N. The van der Waals surface area contributed by atoms with Crippen molar-refractivity contribution in [1.29, 1.82) is 0 Å². The molecule has 0 saturated heterocycles. The normalized spacial score (nSPS) is 12.3. The highest BCUT2D eigenvalue weighted by Crippen LogP contribution is 2.45. The topological polar surface area (TPSA) is 4.93 Å². The highest BCUT2D eigenvalue weighted by Gasteiger charge is 2.29. The first kappa shape index (κ1) is 20.6. The second-order valence-corrected chi connectivity index (χ2v) is 9.37. The molecule has 0 fully saturated rings. The Balaban J connectivity index is 1.78. The average molecular weight is 536 g/mol. The molecule has 170 valence electrons.